The molecule has 0 amide bonds. The highest BCUT2D eigenvalue weighted by Crippen LogP contribution is 2.15. The molecule has 69 heavy (non-hydrogen) atoms. The molecule has 0 N–H and O–H groups in total. The summed E-state index contributed by atoms with van der Waals surface area (Å²) in [5.74, 6) is -0.890. The van der Waals surface area contributed by atoms with Gasteiger partial charge in [-0.2, -0.15) is 0 Å². The van der Waals surface area contributed by atoms with Gasteiger partial charge in [-0.25, -0.2) is 0 Å². The Morgan fingerprint density at radius 1 is 0.304 bits per heavy atom. The Hall–Kier alpha value is -3.41. The van der Waals surface area contributed by atoms with E-state index in [0.717, 1.165) is 103 Å². The van der Waals surface area contributed by atoms with Gasteiger partial charge < -0.3 is 14.2 Å². The number of allylic oxidation sites excluding steroid dienone is 14. The molecule has 0 bridgehead atoms. The highest BCUT2D eigenvalue weighted by Gasteiger charge is 2.19. The van der Waals surface area contributed by atoms with Crippen molar-refractivity contribution in [2.75, 3.05) is 13.2 Å². The smallest absolute Gasteiger partial charge is 0.306 e. The lowest BCUT2D eigenvalue weighted by Crippen LogP contribution is -2.30. The molecule has 0 saturated heterocycles. The summed E-state index contributed by atoms with van der Waals surface area (Å²) in [5.41, 5.74) is 0. The lowest BCUT2D eigenvalue weighted by atomic mass is 10.1. The molecule has 0 spiro atoms. The summed E-state index contributed by atoms with van der Waals surface area (Å²) in [6, 6.07) is 0. The minimum Gasteiger partial charge on any atom is -0.462 e. The van der Waals surface area contributed by atoms with Crippen LogP contribution in [-0.4, -0.2) is 37.2 Å². The summed E-state index contributed by atoms with van der Waals surface area (Å²) in [5, 5.41) is 0. The van der Waals surface area contributed by atoms with E-state index in [1.54, 1.807) is 0 Å². The molecule has 6 nitrogen and oxygen atoms in total. The van der Waals surface area contributed by atoms with Gasteiger partial charge in [0.2, 0.25) is 0 Å². The fourth-order valence-corrected chi connectivity index (χ4v) is 8.03. The molecule has 1 atom stereocenters. The standard InChI is InChI=1S/C63H108O6/c1-4-7-10-13-16-18-20-22-24-26-28-29-30-31-32-33-35-36-38-40-42-44-47-50-53-56-62(65)68-59-60(58-67-61(64)55-52-49-46-15-12-9-6-3)69-63(66)57-54-51-48-45-43-41-39-37-34-27-25-23-21-19-17-14-11-8-5-2/h7,10,16-19,22-25,28-29,31-32,60H,4-6,8-9,11-15,20-21,26-27,30,33-59H2,1-3H3/b10-7-,18-16-,19-17-,24-22-,25-23-,29-28-,32-31-. The van der Waals surface area contributed by atoms with Gasteiger partial charge in [0.25, 0.3) is 0 Å². The van der Waals surface area contributed by atoms with Crippen LogP contribution in [0.4, 0.5) is 0 Å². The maximum Gasteiger partial charge on any atom is 0.306 e. The molecule has 0 aliphatic carbocycles. The number of rotatable bonds is 52. The first-order valence-electron chi connectivity index (χ1n) is 29.1. The lowest BCUT2D eigenvalue weighted by molar-refractivity contribution is -0.167. The molecule has 0 aromatic carbocycles. The normalized spacial score (nSPS) is 12.7. The first-order valence-corrected chi connectivity index (χ1v) is 29.1. The Balaban J connectivity index is 4.20. The number of carbonyl (C=O) groups is 3. The monoisotopic (exact) mass is 961 g/mol. The zero-order valence-corrected chi connectivity index (χ0v) is 45.3. The van der Waals surface area contributed by atoms with E-state index in [-0.39, 0.29) is 31.1 Å². The summed E-state index contributed by atoms with van der Waals surface area (Å²) in [4.78, 5) is 38.0. The van der Waals surface area contributed by atoms with Crippen molar-refractivity contribution in [2.24, 2.45) is 0 Å². The summed E-state index contributed by atoms with van der Waals surface area (Å²) in [6.07, 6.45) is 74.5. The molecule has 0 radical (unpaired) electrons. The van der Waals surface area contributed by atoms with Crippen molar-refractivity contribution in [3.63, 3.8) is 0 Å². The van der Waals surface area contributed by atoms with Gasteiger partial charge in [0.05, 0.1) is 0 Å². The quantitative estimate of drug-likeness (QED) is 0.0262. The van der Waals surface area contributed by atoms with Gasteiger partial charge in [-0.05, 0) is 96.3 Å². The Kier molecular flexibility index (Phi) is 54.3. The van der Waals surface area contributed by atoms with E-state index >= 15 is 0 Å². The number of hydrogen-bond donors (Lipinski definition) is 0. The average Bonchev–Trinajstić information content (AvgIpc) is 3.35. The second-order valence-electron chi connectivity index (χ2n) is 19.2. The van der Waals surface area contributed by atoms with E-state index in [0.29, 0.717) is 19.3 Å². The van der Waals surface area contributed by atoms with Crippen molar-refractivity contribution in [2.45, 2.75) is 284 Å². The molecule has 0 fully saturated rings. The predicted molar refractivity (Wildman–Crippen MR) is 297 cm³/mol. The molecule has 6 heteroatoms. The zero-order valence-electron chi connectivity index (χ0n) is 45.3. The van der Waals surface area contributed by atoms with Crippen LogP contribution in [0.3, 0.4) is 0 Å². The minimum absolute atomic E-state index is 0.0788. The van der Waals surface area contributed by atoms with Gasteiger partial charge in [-0.3, -0.25) is 14.4 Å². The second kappa shape index (κ2) is 57.2. The lowest BCUT2D eigenvalue weighted by Gasteiger charge is -2.18. The Morgan fingerprint density at radius 2 is 0.565 bits per heavy atom. The average molecular weight is 962 g/mol. The topological polar surface area (TPSA) is 78.9 Å². The Labute approximate surface area is 426 Å². The number of esters is 3. The van der Waals surface area contributed by atoms with E-state index in [2.05, 4.69) is 106 Å². The van der Waals surface area contributed by atoms with Crippen molar-refractivity contribution >= 4 is 17.9 Å². The number of carbonyl (C=O) groups excluding carboxylic acids is 3. The highest BCUT2D eigenvalue weighted by molar-refractivity contribution is 5.71. The fraction of sp³-hybridized carbons (Fsp3) is 0.730. The van der Waals surface area contributed by atoms with Crippen molar-refractivity contribution in [1.29, 1.82) is 0 Å². The van der Waals surface area contributed by atoms with Crippen LogP contribution in [-0.2, 0) is 28.6 Å². The molecule has 0 aromatic heterocycles. The van der Waals surface area contributed by atoms with Gasteiger partial charge >= 0.3 is 17.9 Å². The number of hydrogen-bond acceptors (Lipinski definition) is 6. The summed E-state index contributed by atoms with van der Waals surface area (Å²) in [6.45, 7) is 6.46. The van der Waals surface area contributed by atoms with Crippen LogP contribution in [0.15, 0.2) is 85.1 Å². The molecule has 1 unspecified atom stereocenters. The fourth-order valence-electron chi connectivity index (χ4n) is 8.03. The first kappa shape index (κ1) is 65.6. The third-order valence-corrected chi connectivity index (χ3v) is 12.4. The van der Waals surface area contributed by atoms with Crippen LogP contribution >= 0.6 is 0 Å². The summed E-state index contributed by atoms with van der Waals surface area (Å²) >= 11 is 0. The van der Waals surface area contributed by atoms with Gasteiger partial charge in [-0.15, -0.1) is 0 Å². The van der Waals surface area contributed by atoms with E-state index in [9.17, 15) is 14.4 Å². The Morgan fingerprint density at radius 3 is 0.913 bits per heavy atom. The van der Waals surface area contributed by atoms with E-state index in [4.69, 9.17) is 14.2 Å². The van der Waals surface area contributed by atoms with Gasteiger partial charge in [0, 0.05) is 19.3 Å². The molecule has 0 aromatic rings. The van der Waals surface area contributed by atoms with Crippen LogP contribution in [0.5, 0.6) is 0 Å². The molecular weight excluding hydrogens is 853 g/mol. The van der Waals surface area contributed by atoms with Crippen molar-refractivity contribution in [3.8, 4) is 0 Å². The second-order valence-corrected chi connectivity index (χ2v) is 19.2. The van der Waals surface area contributed by atoms with Crippen molar-refractivity contribution in [3.05, 3.63) is 85.1 Å². The van der Waals surface area contributed by atoms with Crippen molar-refractivity contribution < 1.29 is 28.6 Å². The minimum atomic E-state index is -0.779. The SMILES string of the molecule is CC/C=C\C/C=C\C/C=C\C/C=C\C/C=C\CCCCCCCCCCCC(=O)OCC(COC(=O)CCCCCCCCC)OC(=O)CCCCCCCCCCC/C=C\C/C=C\CCCCC. The summed E-state index contributed by atoms with van der Waals surface area (Å²) < 4.78 is 16.8. The van der Waals surface area contributed by atoms with E-state index in [1.165, 1.54) is 135 Å². The van der Waals surface area contributed by atoms with Gasteiger partial charge in [0.15, 0.2) is 6.10 Å². The number of unbranched alkanes of at least 4 members (excludes halogenated alkanes) is 27. The van der Waals surface area contributed by atoms with Crippen LogP contribution in [0.25, 0.3) is 0 Å². The van der Waals surface area contributed by atoms with Gasteiger partial charge in [-0.1, -0.05) is 247 Å². The van der Waals surface area contributed by atoms with E-state index in [1.807, 2.05) is 0 Å². The molecule has 0 aliphatic rings. The van der Waals surface area contributed by atoms with Crippen molar-refractivity contribution in [1.82, 2.24) is 0 Å². The molecule has 396 valence electrons. The molecule has 0 aliphatic heterocycles. The van der Waals surface area contributed by atoms with E-state index < -0.39 is 6.10 Å². The maximum atomic E-state index is 12.8. The molecule has 0 heterocycles. The summed E-state index contributed by atoms with van der Waals surface area (Å²) in [7, 11) is 0. The highest BCUT2D eigenvalue weighted by atomic mass is 16.6. The van der Waals surface area contributed by atoms with Gasteiger partial charge in [0.1, 0.15) is 13.2 Å². The first-order chi connectivity index (χ1) is 34.0. The van der Waals surface area contributed by atoms with Crippen LogP contribution < -0.4 is 0 Å². The Bertz CT molecular complexity index is 1330. The third-order valence-electron chi connectivity index (χ3n) is 12.4. The van der Waals surface area contributed by atoms with Crippen LogP contribution in [0, 0.1) is 0 Å². The van der Waals surface area contributed by atoms with Crippen LogP contribution in [0.1, 0.15) is 278 Å². The predicted octanol–water partition coefficient (Wildman–Crippen LogP) is 19.5. The number of ether oxygens (including phenoxy) is 3. The molecule has 0 saturated carbocycles. The molecular formula is C63H108O6. The van der Waals surface area contributed by atoms with Crippen LogP contribution in [0.2, 0.25) is 0 Å². The molecule has 0 rings (SSSR count). The zero-order chi connectivity index (χ0) is 50.0. The maximum absolute atomic E-state index is 12.8. The third kappa shape index (κ3) is 55.4. The largest absolute Gasteiger partial charge is 0.462 e.